The number of carbonyl (C=O) groups excluding carboxylic acids is 2. The van der Waals surface area contributed by atoms with Crippen LogP contribution in [0.4, 0.5) is 0 Å². The average molecular weight is 332 g/mol. The highest BCUT2D eigenvalue weighted by Gasteiger charge is 2.20. The first-order chi connectivity index (χ1) is 11.5. The van der Waals surface area contributed by atoms with Crippen molar-refractivity contribution in [1.29, 1.82) is 0 Å². The molecular formula is C18H24N2O4. The number of ether oxygens (including phenoxy) is 2. The minimum atomic E-state index is -0.0500. The van der Waals surface area contributed by atoms with Gasteiger partial charge in [-0.1, -0.05) is 6.07 Å². The van der Waals surface area contributed by atoms with Crippen LogP contribution in [0.5, 0.6) is 11.5 Å². The molecule has 1 saturated heterocycles. The lowest BCUT2D eigenvalue weighted by atomic mass is 10.2. The maximum Gasteiger partial charge on any atom is 0.246 e. The monoisotopic (exact) mass is 332 g/mol. The summed E-state index contributed by atoms with van der Waals surface area (Å²) in [6.45, 7) is 6.34. The molecule has 1 aliphatic rings. The van der Waals surface area contributed by atoms with E-state index in [1.807, 2.05) is 25.1 Å². The van der Waals surface area contributed by atoms with Gasteiger partial charge in [-0.15, -0.1) is 0 Å². The third kappa shape index (κ3) is 4.50. The lowest BCUT2D eigenvalue weighted by Crippen LogP contribution is -2.49. The summed E-state index contributed by atoms with van der Waals surface area (Å²) in [7, 11) is 1.59. The van der Waals surface area contributed by atoms with Gasteiger partial charge in [0, 0.05) is 39.2 Å². The van der Waals surface area contributed by atoms with Gasteiger partial charge in [0.2, 0.25) is 11.8 Å². The molecule has 24 heavy (non-hydrogen) atoms. The van der Waals surface area contributed by atoms with Gasteiger partial charge in [-0.05, 0) is 30.7 Å². The van der Waals surface area contributed by atoms with Gasteiger partial charge in [0.05, 0.1) is 13.7 Å². The molecule has 2 rings (SSSR count). The van der Waals surface area contributed by atoms with Crippen molar-refractivity contribution < 1.29 is 19.1 Å². The Kier molecular flexibility index (Phi) is 6.23. The second-order valence-corrected chi connectivity index (χ2v) is 5.51. The Morgan fingerprint density at radius 2 is 1.79 bits per heavy atom. The Labute approximate surface area is 142 Å². The molecular weight excluding hydrogens is 308 g/mol. The van der Waals surface area contributed by atoms with Crippen molar-refractivity contribution in [3.05, 3.63) is 29.8 Å². The molecule has 0 unspecified atom stereocenters. The molecule has 6 heteroatoms. The van der Waals surface area contributed by atoms with Crippen molar-refractivity contribution in [3.8, 4) is 11.5 Å². The molecule has 0 saturated carbocycles. The van der Waals surface area contributed by atoms with E-state index < -0.39 is 0 Å². The number of carbonyl (C=O) groups is 2. The van der Waals surface area contributed by atoms with E-state index in [0.717, 1.165) is 5.56 Å². The Hall–Kier alpha value is -2.50. The summed E-state index contributed by atoms with van der Waals surface area (Å²) in [5, 5.41) is 0. The van der Waals surface area contributed by atoms with Crippen LogP contribution in [0.15, 0.2) is 24.3 Å². The van der Waals surface area contributed by atoms with Gasteiger partial charge >= 0.3 is 0 Å². The molecule has 1 heterocycles. The van der Waals surface area contributed by atoms with E-state index in [2.05, 4.69) is 0 Å². The zero-order valence-electron chi connectivity index (χ0n) is 14.4. The predicted octanol–water partition coefficient (Wildman–Crippen LogP) is 1.80. The number of benzene rings is 1. The van der Waals surface area contributed by atoms with Gasteiger partial charge in [-0.2, -0.15) is 0 Å². The van der Waals surface area contributed by atoms with E-state index in [4.69, 9.17) is 9.47 Å². The Balaban J connectivity index is 1.98. The molecule has 0 radical (unpaired) electrons. The summed E-state index contributed by atoms with van der Waals surface area (Å²) in [5.74, 6) is 1.33. The molecule has 1 fully saturated rings. The Morgan fingerprint density at radius 3 is 2.38 bits per heavy atom. The third-order valence-corrected chi connectivity index (χ3v) is 3.94. The van der Waals surface area contributed by atoms with Gasteiger partial charge in [0.15, 0.2) is 11.5 Å². The number of piperazine rings is 1. The van der Waals surface area contributed by atoms with Crippen molar-refractivity contribution >= 4 is 17.9 Å². The summed E-state index contributed by atoms with van der Waals surface area (Å²) < 4.78 is 10.8. The molecule has 2 amide bonds. The fourth-order valence-electron chi connectivity index (χ4n) is 2.58. The first-order valence-corrected chi connectivity index (χ1v) is 8.08. The summed E-state index contributed by atoms with van der Waals surface area (Å²) >= 11 is 0. The number of rotatable bonds is 5. The minimum Gasteiger partial charge on any atom is -0.493 e. The van der Waals surface area contributed by atoms with Crippen LogP contribution in [0.1, 0.15) is 19.4 Å². The van der Waals surface area contributed by atoms with Crippen molar-refractivity contribution in [2.75, 3.05) is 39.9 Å². The normalized spacial score (nSPS) is 14.8. The topological polar surface area (TPSA) is 59.1 Å². The fourth-order valence-corrected chi connectivity index (χ4v) is 2.58. The van der Waals surface area contributed by atoms with Crippen LogP contribution in [0.25, 0.3) is 6.08 Å². The average Bonchev–Trinajstić information content (AvgIpc) is 2.60. The highest BCUT2D eigenvalue weighted by atomic mass is 16.5. The lowest BCUT2D eigenvalue weighted by Gasteiger charge is -2.33. The number of nitrogens with zero attached hydrogens (tertiary/aromatic N) is 2. The van der Waals surface area contributed by atoms with Gasteiger partial charge in [0.25, 0.3) is 0 Å². The van der Waals surface area contributed by atoms with Gasteiger partial charge in [0.1, 0.15) is 0 Å². The van der Waals surface area contributed by atoms with E-state index >= 15 is 0 Å². The molecule has 0 spiro atoms. The van der Waals surface area contributed by atoms with E-state index in [-0.39, 0.29) is 11.8 Å². The molecule has 1 aliphatic heterocycles. The van der Waals surface area contributed by atoms with Crippen molar-refractivity contribution in [2.24, 2.45) is 0 Å². The molecule has 6 nitrogen and oxygen atoms in total. The van der Waals surface area contributed by atoms with E-state index in [0.29, 0.717) is 44.3 Å². The first kappa shape index (κ1) is 17.8. The third-order valence-electron chi connectivity index (χ3n) is 3.94. The number of hydrogen-bond donors (Lipinski definition) is 0. The lowest BCUT2D eigenvalue weighted by molar-refractivity contribution is -0.135. The minimum absolute atomic E-state index is 0.0500. The second kappa shape index (κ2) is 8.38. The molecule has 0 aromatic heterocycles. The maximum absolute atomic E-state index is 12.3. The van der Waals surface area contributed by atoms with E-state index in [1.54, 1.807) is 36.0 Å². The summed E-state index contributed by atoms with van der Waals surface area (Å²) in [6, 6.07) is 5.55. The Bertz CT molecular complexity index is 619. The second-order valence-electron chi connectivity index (χ2n) is 5.51. The summed E-state index contributed by atoms with van der Waals surface area (Å²) in [4.78, 5) is 27.1. The first-order valence-electron chi connectivity index (χ1n) is 8.08. The summed E-state index contributed by atoms with van der Waals surface area (Å²) in [5.41, 5.74) is 0.867. The Morgan fingerprint density at radius 1 is 1.12 bits per heavy atom. The molecule has 0 atom stereocenters. The van der Waals surface area contributed by atoms with Crippen LogP contribution in [0, 0.1) is 0 Å². The van der Waals surface area contributed by atoms with E-state index in [9.17, 15) is 9.59 Å². The standard InChI is InChI=1S/C18H24N2O4/c1-4-24-16-7-5-15(13-17(16)23-3)6-8-18(22)20-11-9-19(10-12-20)14(2)21/h5-8,13H,4,9-12H2,1-3H3/b8-6+. The predicted molar refractivity (Wildman–Crippen MR) is 92.0 cm³/mol. The van der Waals surface area contributed by atoms with Crippen molar-refractivity contribution in [3.63, 3.8) is 0 Å². The maximum atomic E-state index is 12.3. The van der Waals surface area contributed by atoms with Crippen molar-refractivity contribution in [1.82, 2.24) is 9.80 Å². The van der Waals surface area contributed by atoms with Crippen LogP contribution in [0.2, 0.25) is 0 Å². The number of hydrogen-bond acceptors (Lipinski definition) is 4. The number of amides is 2. The zero-order valence-corrected chi connectivity index (χ0v) is 14.4. The highest BCUT2D eigenvalue weighted by Crippen LogP contribution is 2.28. The SMILES string of the molecule is CCOc1ccc(/C=C/C(=O)N2CCN(C(C)=O)CC2)cc1OC. The molecule has 0 bridgehead atoms. The molecule has 0 aliphatic carbocycles. The van der Waals surface area contributed by atoms with Crippen LogP contribution < -0.4 is 9.47 Å². The quantitative estimate of drug-likeness (QED) is 0.772. The van der Waals surface area contributed by atoms with Crippen LogP contribution in [0.3, 0.4) is 0 Å². The molecule has 0 N–H and O–H groups in total. The number of methoxy groups -OCH3 is 1. The highest BCUT2D eigenvalue weighted by molar-refractivity contribution is 5.92. The largest absolute Gasteiger partial charge is 0.493 e. The molecule has 130 valence electrons. The van der Waals surface area contributed by atoms with Gasteiger partial charge in [-0.3, -0.25) is 9.59 Å². The van der Waals surface area contributed by atoms with E-state index in [1.165, 1.54) is 0 Å². The smallest absolute Gasteiger partial charge is 0.246 e. The molecule has 1 aromatic rings. The van der Waals surface area contributed by atoms with Crippen LogP contribution in [-0.4, -0.2) is 61.5 Å². The van der Waals surface area contributed by atoms with Crippen LogP contribution in [-0.2, 0) is 9.59 Å². The zero-order chi connectivity index (χ0) is 17.5. The van der Waals surface area contributed by atoms with Gasteiger partial charge < -0.3 is 19.3 Å². The fraction of sp³-hybridized carbons (Fsp3) is 0.444. The molecule has 1 aromatic carbocycles. The van der Waals surface area contributed by atoms with Crippen LogP contribution >= 0.6 is 0 Å². The summed E-state index contributed by atoms with van der Waals surface area (Å²) in [6.07, 6.45) is 3.32. The van der Waals surface area contributed by atoms with Crippen molar-refractivity contribution in [2.45, 2.75) is 13.8 Å². The van der Waals surface area contributed by atoms with Gasteiger partial charge in [-0.25, -0.2) is 0 Å².